The number of hydrogen-bond acceptors (Lipinski definition) is 3. The molecular weight excluding hydrogens is 238 g/mol. The van der Waals surface area contributed by atoms with Crippen LogP contribution in [0.5, 0.6) is 17.2 Å². The molecule has 0 fully saturated rings. The third-order valence-electron chi connectivity index (χ3n) is 1.95. The summed E-state index contributed by atoms with van der Waals surface area (Å²) in [6, 6.07) is 13.9. The fraction of sp³-hybridized carbons (Fsp3) is 0.250. The summed E-state index contributed by atoms with van der Waals surface area (Å²) in [6.07, 6.45) is 0. The monoisotopic (exact) mass is 261 g/mol. The molecular formula is C16H23NO2. The second kappa shape index (κ2) is 9.83. The molecule has 0 spiro atoms. The molecule has 0 aliphatic heterocycles. The highest BCUT2D eigenvalue weighted by Gasteiger charge is 2.03. The van der Waals surface area contributed by atoms with E-state index < -0.39 is 0 Å². The van der Waals surface area contributed by atoms with Crippen molar-refractivity contribution < 1.29 is 9.84 Å². The van der Waals surface area contributed by atoms with Gasteiger partial charge in [0.25, 0.3) is 0 Å². The summed E-state index contributed by atoms with van der Waals surface area (Å²) < 4.78 is 5.46. The van der Waals surface area contributed by atoms with Crippen LogP contribution in [-0.2, 0) is 0 Å². The number of para-hydroxylation sites is 1. The van der Waals surface area contributed by atoms with Gasteiger partial charge in [0, 0.05) is 11.8 Å². The van der Waals surface area contributed by atoms with Crippen LogP contribution in [0.15, 0.2) is 48.5 Å². The molecule has 104 valence electrons. The summed E-state index contributed by atoms with van der Waals surface area (Å²) in [6.45, 7) is 8.00. The maximum atomic E-state index is 9.52. The van der Waals surface area contributed by atoms with Crippen LogP contribution in [0.3, 0.4) is 0 Å². The quantitative estimate of drug-likeness (QED) is 0.602. The first-order chi connectivity index (χ1) is 9.25. The van der Waals surface area contributed by atoms with Crippen LogP contribution in [0, 0.1) is 0 Å². The predicted octanol–water partition coefficient (Wildman–Crippen LogP) is 4.82. The molecule has 0 radical (unpaired) electrons. The zero-order valence-electron chi connectivity index (χ0n) is 12.1. The molecule has 0 unspecified atom stereocenters. The number of phenols is 1. The van der Waals surface area contributed by atoms with Gasteiger partial charge >= 0.3 is 0 Å². The van der Waals surface area contributed by atoms with Crippen LogP contribution in [0.25, 0.3) is 0 Å². The van der Waals surface area contributed by atoms with Crippen LogP contribution in [0.4, 0.5) is 5.69 Å². The van der Waals surface area contributed by atoms with Crippen molar-refractivity contribution in [1.29, 1.82) is 0 Å². The molecule has 3 nitrogen and oxygen atoms in total. The number of anilines is 1. The normalized spacial score (nSPS) is 8.42. The fourth-order valence-electron chi connectivity index (χ4n) is 1.23. The first kappa shape index (κ1) is 16.8. The molecule has 0 saturated carbocycles. The van der Waals surface area contributed by atoms with E-state index in [-0.39, 0.29) is 5.75 Å². The highest BCUT2D eigenvalue weighted by molar-refractivity contribution is 5.52. The van der Waals surface area contributed by atoms with Gasteiger partial charge in [-0.1, -0.05) is 45.9 Å². The van der Waals surface area contributed by atoms with Crippen molar-refractivity contribution in [3.8, 4) is 17.2 Å². The Bertz CT molecular complexity index is 456. The lowest BCUT2D eigenvalue weighted by Crippen LogP contribution is -1.88. The average molecular weight is 261 g/mol. The van der Waals surface area contributed by atoms with E-state index in [0.717, 1.165) is 0 Å². The van der Waals surface area contributed by atoms with Crippen molar-refractivity contribution in [2.24, 2.45) is 0 Å². The van der Waals surface area contributed by atoms with Gasteiger partial charge in [-0.3, -0.25) is 0 Å². The smallest absolute Gasteiger partial charge is 0.171 e. The Morgan fingerprint density at radius 1 is 0.895 bits per heavy atom. The molecule has 0 aromatic heterocycles. The van der Waals surface area contributed by atoms with E-state index in [2.05, 4.69) is 0 Å². The van der Waals surface area contributed by atoms with Gasteiger partial charge in [-0.15, -0.1) is 0 Å². The fourth-order valence-corrected chi connectivity index (χ4v) is 1.23. The topological polar surface area (TPSA) is 55.5 Å². The van der Waals surface area contributed by atoms with Gasteiger partial charge in [0.15, 0.2) is 11.5 Å². The highest BCUT2D eigenvalue weighted by atomic mass is 16.5. The Labute approximate surface area is 115 Å². The molecule has 0 heterocycles. The molecule has 0 amide bonds. The molecule has 2 aromatic carbocycles. The molecule has 3 N–H and O–H groups in total. The number of nitrogen functional groups attached to an aromatic ring is 1. The number of aromatic hydroxyl groups is 1. The van der Waals surface area contributed by atoms with E-state index in [0.29, 0.717) is 17.2 Å². The molecule has 3 heteroatoms. The zero-order chi connectivity index (χ0) is 14.7. The van der Waals surface area contributed by atoms with Gasteiger partial charge in [0.2, 0.25) is 0 Å². The SMILES string of the molecule is CC.CC.Nc1ccc(O)c(Oc2ccccc2)c1. The Kier molecular flexibility index (Phi) is 8.71. The molecule has 0 bridgehead atoms. The maximum absolute atomic E-state index is 9.52. The second-order valence-electron chi connectivity index (χ2n) is 3.14. The number of phenolic OH excluding ortho intramolecular Hbond substituents is 1. The third kappa shape index (κ3) is 5.82. The van der Waals surface area contributed by atoms with Crippen molar-refractivity contribution in [1.82, 2.24) is 0 Å². The number of ether oxygens (including phenoxy) is 1. The molecule has 0 aliphatic rings. The first-order valence-corrected chi connectivity index (χ1v) is 6.57. The predicted molar refractivity (Wildman–Crippen MR) is 81.7 cm³/mol. The summed E-state index contributed by atoms with van der Waals surface area (Å²) >= 11 is 0. The Morgan fingerprint density at radius 3 is 2.05 bits per heavy atom. The van der Waals surface area contributed by atoms with E-state index >= 15 is 0 Å². The van der Waals surface area contributed by atoms with Gasteiger partial charge in [-0.25, -0.2) is 0 Å². The first-order valence-electron chi connectivity index (χ1n) is 6.57. The largest absolute Gasteiger partial charge is 0.504 e. The van der Waals surface area contributed by atoms with Crippen molar-refractivity contribution in [2.45, 2.75) is 27.7 Å². The minimum Gasteiger partial charge on any atom is -0.504 e. The van der Waals surface area contributed by atoms with E-state index in [1.807, 2.05) is 58.0 Å². The van der Waals surface area contributed by atoms with Crippen LogP contribution in [0.1, 0.15) is 27.7 Å². The van der Waals surface area contributed by atoms with E-state index in [4.69, 9.17) is 10.5 Å². The summed E-state index contributed by atoms with van der Waals surface area (Å²) in [7, 11) is 0. The van der Waals surface area contributed by atoms with Gasteiger partial charge in [-0.05, 0) is 24.3 Å². The Hall–Kier alpha value is -2.16. The molecule has 19 heavy (non-hydrogen) atoms. The molecule has 0 atom stereocenters. The van der Waals surface area contributed by atoms with Gasteiger partial charge < -0.3 is 15.6 Å². The van der Waals surface area contributed by atoms with Crippen molar-refractivity contribution in [2.75, 3.05) is 5.73 Å². The van der Waals surface area contributed by atoms with E-state index in [1.165, 1.54) is 6.07 Å². The van der Waals surface area contributed by atoms with Crippen LogP contribution < -0.4 is 10.5 Å². The van der Waals surface area contributed by atoms with Gasteiger partial charge in [0.1, 0.15) is 5.75 Å². The lowest BCUT2D eigenvalue weighted by atomic mass is 10.3. The molecule has 0 saturated heterocycles. The third-order valence-corrected chi connectivity index (χ3v) is 1.95. The summed E-state index contributed by atoms with van der Waals surface area (Å²) in [5.74, 6) is 1.10. The minimum absolute atomic E-state index is 0.0769. The van der Waals surface area contributed by atoms with Crippen molar-refractivity contribution in [3.63, 3.8) is 0 Å². The number of benzene rings is 2. The summed E-state index contributed by atoms with van der Waals surface area (Å²) in [4.78, 5) is 0. The Balaban J connectivity index is 0.000000741. The van der Waals surface area contributed by atoms with Crippen LogP contribution in [0.2, 0.25) is 0 Å². The van der Waals surface area contributed by atoms with Crippen molar-refractivity contribution >= 4 is 5.69 Å². The van der Waals surface area contributed by atoms with Crippen molar-refractivity contribution in [3.05, 3.63) is 48.5 Å². The minimum atomic E-state index is 0.0769. The summed E-state index contributed by atoms with van der Waals surface area (Å²) in [5.41, 5.74) is 6.14. The molecule has 2 rings (SSSR count). The van der Waals surface area contributed by atoms with E-state index in [9.17, 15) is 5.11 Å². The second-order valence-corrected chi connectivity index (χ2v) is 3.14. The Morgan fingerprint density at radius 2 is 1.47 bits per heavy atom. The average Bonchev–Trinajstić information content (AvgIpc) is 2.48. The zero-order valence-corrected chi connectivity index (χ0v) is 12.1. The maximum Gasteiger partial charge on any atom is 0.171 e. The molecule has 2 aromatic rings. The van der Waals surface area contributed by atoms with Crippen LogP contribution >= 0.6 is 0 Å². The highest BCUT2D eigenvalue weighted by Crippen LogP contribution is 2.31. The lowest BCUT2D eigenvalue weighted by Gasteiger charge is -2.07. The lowest BCUT2D eigenvalue weighted by molar-refractivity contribution is 0.411. The standard InChI is InChI=1S/C12H11NO2.2C2H6/c13-9-6-7-11(14)12(8-9)15-10-4-2-1-3-5-10;2*1-2/h1-8,14H,13H2;2*1-2H3. The van der Waals surface area contributed by atoms with Gasteiger partial charge in [-0.2, -0.15) is 0 Å². The number of rotatable bonds is 2. The number of nitrogens with two attached hydrogens (primary N) is 1. The van der Waals surface area contributed by atoms with Crippen LogP contribution in [-0.4, -0.2) is 5.11 Å². The summed E-state index contributed by atoms with van der Waals surface area (Å²) in [5, 5.41) is 9.52. The number of hydrogen-bond donors (Lipinski definition) is 2. The van der Waals surface area contributed by atoms with Gasteiger partial charge in [0.05, 0.1) is 0 Å². The molecule has 0 aliphatic carbocycles. The van der Waals surface area contributed by atoms with E-state index in [1.54, 1.807) is 12.1 Å².